The quantitative estimate of drug-likeness (QED) is 0.659. The SMILES string of the molecule is CC.CCc1[c-]c(C)ncc1.[Es]. The summed E-state index contributed by atoms with van der Waals surface area (Å²) in [7, 11) is 0. The molecule has 0 saturated heterocycles. The van der Waals surface area contributed by atoms with Crippen LogP contribution in [0.4, 0.5) is 0 Å². The van der Waals surface area contributed by atoms with E-state index in [1.165, 1.54) is 5.56 Å². The van der Waals surface area contributed by atoms with E-state index in [9.17, 15) is 0 Å². The number of hydrogen-bond acceptors (Lipinski definition) is 1. The summed E-state index contributed by atoms with van der Waals surface area (Å²) in [6.07, 6.45) is 2.87. The number of nitrogens with zero attached hydrogens (tertiary/aromatic N) is 1. The van der Waals surface area contributed by atoms with Gasteiger partial charge in [0.2, 0.25) is 0 Å². The smallest absolute Gasteiger partial charge is 0 e. The van der Waals surface area contributed by atoms with Crippen molar-refractivity contribution in [1.82, 2.24) is 4.98 Å². The Hall–Kier alpha value is -1.85. The third-order valence-electron chi connectivity index (χ3n) is 1.27. The molecule has 12 heavy (non-hydrogen) atoms. The topological polar surface area (TPSA) is 12.9 Å². The van der Waals surface area contributed by atoms with Crippen molar-refractivity contribution in [2.24, 2.45) is 0 Å². The molecule has 2 heteroatoms. The summed E-state index contributed by atoms with van der Waals surface area (Å²) in [6.45, 7) is 8.07. The molecule has 1 aromatic heterocycles. The van der Waals surface area contributed by atoms with Crippen molar-refractivity contribution in [2.45, 2.75) is 34.1 Å². The van der Waals surface area contributed by atoms with E-state index < -0.39 is 0 Å². The molecule has 0 bridgehead atoms. The zero-order valence-electron chi connectivity index (χ0n) is 8.11. The van der Waals surface area contributed by atoms with Gasteiger partial charge in [-0.05, 0) is 6.92 Å². The Kier molecular flexibility index (Phi) is 7.74. The van der Waals surface area contributed by atoms with E-state index in [1.54, 1.807) is 0 Å². The molecule has 0 aliphatic heterocycles. The maximum atomic E-state index is 4.03. The van der Waals surface area contributed by atoms with Crippen LogP contribution in [0.15, 0.2) is 12.3 Å². The van der Waals surface area contributed by atoms with E-state index in [4.69, 9.17) is 0 Å². The first-order valence-electron chi connectivity index (χ1n) is 4.16. The van der Waals surface area contributed by atoms with Gasteiger partial charge in [0, 0.05) is 0 Å². The van der Waals surface area contributed by atoms with Gasteiger partial charge < -0.3 is 4.98 Å². The van der Waals surface area contributed by atoms with Crippen LogP contribution in [0.2, 0.25) is 0 Å². The van der Waals surface area contributed by atoms with Crippen molar-refractivity contribution in [1.29, 1.82) is 0 Å². The molecule has 0 atom stereocenters. The number of aryl methyl sites for hydroxylation is 2. The predicted molar refractivity (Wildman–Crippen MR) is 48.5 cm³/mol. The van der Waals surface area contributed by atoms with Gasteiger partial charge in [0.25, 0.3) is 0 Å². The van der Waals surface area contributed by atoms with E-state index in [0.29, 0.717) is 0 Å². The summed E-state index contributed by atoms with van der Waals surface area (Å²) in [6, 6.07) is 5.14. The molecule has 1 nitrogen and oxygen atoms in total. The molecule has 0 spiro atoms. The largest absolute Gasteiger partial charge is 0.301 e. The fourth-order valence-electron chi connectivity index (χ4n) is 0.752. The molecule has 0 saturated carbocycles. The number of pyridine rings is 1. The van der Waals surface area contributed by atoms with Crippen LogP contribution in [0, 0.1) is 13.0 Å². The van der Waals surface area contributed by atoms with Gasteiger partial charge in [-0.15, -0.1) is 0 Å². The maximum Gasteiger partial charge on any atom is 0 e. The van der Waals surface area contributed by atoms with Gasteiger partial charge in [-0.1, -0.05) is 39.1 Å². The maximum absolute atomic E-state index is 4.03. The van der Waals surface area contributed by atoms with Gasteiger partial charge >= 0.3 is 0 Å². The van der Waals surface area contributed by atoms with Crippen molar-refractivity contribution in [3.05, 3.63) is 29.6 Å². The molecule has 0 fully saturated rings. The Morgan fingerprint density at radius 2 is 2.00 bits per heavy atom. The molecular weight excluding hydrogens is 386 g/mol. The Morgan fingerprint density at radius 3 is 2.33 bits per heavy atom. The molecule has 1 aromatic rings. The van der Waals surface area contributed by atoms with E-state index in [0.717, 1.165) is 12.1 Å². The van der Waals surface area contributed by atoms with Gasteiger partial charge in [-0.2, -0.15) is 6.07 Å². The fraction of sp³-hybridized carbons (Fsp3) is 0.500. The summed E-state index contributed by atoms with van der Waals surface area (Å²) in [5, 5.41) is 0. The summed E-state index contributed by atoms with van der Waals surface area (Å²) < 4.78 is 0. The van der Waals surface area contributed by atoms with Crippen LogP contribution in [0.1, 0.15) is 32.0 Å². The molecule has 0 aliphatic rings. The molecule has 1 heterocycles. The Bertz CT molecular complexity index is 199. The number of rotatable bonds is 1. The van der Waals surface area contributed by atoms with Gasteiger partial charge in [-0.25, -0.2) is 11.6 Å². The molecule has 0 aliphatic carbocycles. The van der Waals surface area contributed by atoms with Crippen molar-refractivity contribution >= 4 is 0 Å². The first-order valence-corrected chi connectivity index (χ1v) is 4.16. The van der Waals surface area contributed by atoms with E-state index >= 15 is 0 Å². The summed E-state index contributed by atoms with van der Waals surface area (Å²) in [5.41, 5.74) is 2.22. The second kappa shape index (κ2) is 7.26. The molecule has 1 rings (SSSR count). The fourth-order valence-corrected chi connectivity index (χ4v) is 0.752. The molecule has 0 amide bonds. The molecule has 73 valence electrons. The second-order valence-electron chi connectivity index (χ2n) is 2.03. The number of hydrogen-bond donors (Lipinski definition) is 0. The summed E-state index contributed by atoms with van der Waals surface area (Å²) in [5.74, 6) is 0. The zero-order chi connectivity index (χ0) is 8.69. The third kappa shape index (κ3) is 4.04. The van der Waals surface area contributed by atoms with Crippen LogP contribution >= 0.6 is 0 Å². The Morgan fingerprint density at radius 1 is 1.42 bits per heavy atom. The van der Waals surface area contributed by atoms with E-state index in [1.807, 2.05) is 33.0 Å². The second-order valence-corrected chi connectivity index (χ2v) is 2.03. The van der Waals surface area contributed by atoms with Gasteiger partial charge in [0.15, 0.2) is 0 Å². The van der Waals surface area contributed by atoms with Crippen LogP contribution in [0.5, 0.6) is 0 Å². The average molecular weight is 402 g/mol. The Balaban J connectivity index is 0. The van der Waals surface area contributed by atoms with E-state index in [-0.39, 0.29) is 0 Å². The van der Waals surface area contributed by atoms with Crippen LogP contribution < -0.4 is 0 Å². The molecule has 0 aromatic carbocycles. The summed E-state index contributed by atoms with van der Waals surface area (Å²) in [4.78, 5) is 4.03. The monoisotopic (exact) mass is 402 g/mol. The van der Waals surface area contributed by atoms with Gasteiger partial charge in [-0.3, -0.25) is 0 Å². The minimum Gasteiger partial charge on any atom is -0.301 e. The normalized spacial score (nSPS) is 7.67. The van der Waals surface area contributed by atoms with Crippen molar-refractivity contribution in [3.63, 3.8) is 0 Å². The van der Waals surface area contributed by atoms with E-state index in [2.05, 4.69) is 18.0 Å². The Labute approximate surface area is 69.5 Å². The molecule has 0 unspecified atom stereocenters. The van der Waals surface area contributed by atoms with Crippen molar-refractivity contribution < 1.29 is 0 Å². The van der Waals surface area contributed by atoms with Gasteiger partial charge in [0.1, 0.15) is 0 Å². The summed E-state index contributed by atoms with van der Waals surface area (Å²) >= 11 is 0. The molecule has 0 N–H and O–H groups in total. The van der Waals surface area contributed by atoms with Crippen LogP contribution in [0.25, 0.3) is 0 Å². The zero-order valence-corrected chi connectivity index (χ0v) is 10.6. The first-order chi connectivity index (χ1) is 5.33. The minimum absolute atomic E-state index is 0. The van der Waals surface area contributed by atoms with Crippen molar-refractivity contribution in [3.8, 4) is 0 Å². The predicted octanol–water partition coefficient (Wildman–Crippen LogP) is 2.78. The van der Waals surface area contributed by atoms with Crippen LogP contribution in [0.3, 0.4) is 0 Å². The number of aromatic nitrogens is 1. The average Bonchev–Trinajstić information content (AvgIpc) is 2.08. The van der Waals surface area contributed by atoms with Crippen molar-refractivity contribution in [2.75, 3.05) is 0 Å². The standard InChI is InChI=1S/C8H10N.C2H6.Es/c1-3-8-4-5-9-7(2)6-8;1-2;/h4-5H,3H2,1-2H3;1-2H3;/q-1;;. The van der Waals surface area contributed by atoms with Crippen LogP contribution in [-0.4, -0.2) is 4.98 Å². The molecule has 1 radical (unpaired) electrons. The van der Waals surface area contributed by atoms with Crippen LogP contribution in [-0.2, 0) is 6.42 Å². The van der Waals surface area contributed by atoms with Gasteiger partial charge in [0.05, 0.1) is 0 Å². The minimum atomic E-state index is 0. The first kappa shape index (κ1) is 12.8. The molecular formula is C10H16EsN-. The third-order valence-corrected chi connectivity index (χ3v) is 1.27.